The van der Waals surface area contributed by atoms with Gasteiger partial charge in [-0.3, -0.25) is 4.79 Å². The first kappa shape index (κ1) is 19.8. The summed E-state index contributed by atoms with van der Waals surface area (Å²) in [5.74, 6) is -0.710. The van der Waals surface area contributed by atoms with Crippen LogP contribution in [0.15, 0.2) is 42.5 Å². The van der Waals surface area contributed by atoms with Gasteiger partial charge in [0.1, 0.15) is 5.75 Å². The molecule has 0 aliphatic carbocycles. The van der Waals surface area contributed by atoms with Crippen LogP contribution in [0, 0.1) is 0 Å². The van der Waals surface area contributed by atoms with Crippen molar-refractivity contribution in [2.75, 3.05) is 19.0 Å². The maximum atomic E-state index is 12.1. The van der Waals surface area contributed by atoms with Crippen molar-refractivity contribution in [1.82, 2.24) is 0 Å². The van der Waals surface area contributed by atoms with Gasteiger partial charge in [0.05, 0.1) is 23.8 Å². The molecule has 1 amide bonds. The average Bonchev–Trinajstić information content (AvgIpc) is 2.60. The number of hydrogen-bond acceptors (Lipinski definition) is 4. The van der Waals surface area contributed by atoms with E-state index >= 15 is 0 Å². The fraction of sp³-hybridized carbons (Fsp3) is 0.263. The predicted molar refractivity (Wildman–Crippen MR) is 98.9 cm³/mol. The Bertz CT molecular complexity index is 778. The number of para-hydroxylation sites is 1. The minimum Gasteiger partial charge on any atom is -0.492 e. The SMILES string of the molecule is COCc1cc(NC(=O)CCCOc2ccccc2Cl)cc(C(=O)O)c1. The van der Waals surface area contributed by atoms with E-state index in [1.165, 1.54) is 19.2 Å². The number of carbonyl (C=O) groups excluding carboxylic acids is 1. The molecule has 2 rings (SSSR count). The molecule has 0 heterocycles. The van der Waals surface area contributed by atoms with Crippen LogP contribution in [0.4, 0.5) is 5.69 Å². The van der Waals surface area contributed by atoms with Crippen molar-refractivity contribution in [3.63, 3.8) is 0 Å². The van der Waals surface area contributed by atoms with E-state index < -0.39 is 5.97 Å². The standard InChI is InChI=1S/C19H20ClNO5/c1-25-12-13-9-14(19(23)24)11-15(10-13)21-18(22)7-4-8-26-17-6-3-2-5-16(17)20/h2-3,5-6,9-11H,4,7-8,12H2,1H3,(H,21,22)(H,23,24). The van der Waals surface area contributed by atoms with Crippen LogP contribution in [-0.2, 0) is 16.1 Å². The van der Waals surface area contributed by atoms with Crippen LogP contribution in [-0.4, -0.2) is 30.7 Å². The second-order valence-electron chi connectivity index (χ2n) is 5.59. The molecule has 138 valence electrons. The van der Waals surface area contributed by atoms with Gasteiger partial charge in [0.15, 0.2) is 0 Å². The fourth-order valence-electron chi connectivity index (χ4n) is 2.34. The highest BCUT2D eigenvalue weighted by atomic mass is 35.5. The topological polar surface area (TPSA) is 84.9 Å². The van der Waals surface area contributed by atoms with Crippen LogP contribution in [0.2, 0.25) is 5.02 Å². The lowest BCUT2D eigenvalue weighted by molar-refractivity contribution is -0.116. The van der Waals surface area contributed by atoms with Gasteiger partial charge < -0.3 is 19.9 Å². The van der Waals surface area contributed by atoms with Crippen LogP contribution >= 0.6 is 11.6 Å². The largest absolute Gasteiger partial charge is 0.492 e. The Balaban J connectivity index is 1.87. The summed E-state index contributed by atoms with van der Waals surface area (Å²) >= 11 is 5.99. The van der Waals surface area contributed by atoms with E-state index in [0.717, 1.165) is 0 Å². The molecule has 2 N–H and O–H groups in total. The number of rotatable bonds is 9. The molecule has 6 nitrogen and oxygen atoms in total. The van der Waals surface area contributed by atoms with E-state index in [4.69, 9.17) is 26.2 Å². The lowest BCUT2D eigenvalue weighted by Crippen LogP contribution is -2.14. The number of carboxylic acid groups (broad SMARTS) is 1. The summed E-state index contributed by atoms with van der Waals surface area (Å²) in [5.41, 5.74) is 1.19. The van der Waals surface area contributed by atoms with Crippen LogP contribution in [0.3, 0.4) is 0 Å². The third-order valence-electron chi connectivity index (χ3n) is 3.48. The van der Waals surface area contributed by atoms with Gasteiger partial charge in [-0.2, -0.15) is 0 Å². The minimum atomic E-state index is -1.06. The summed E-state index contributed by atoms with van der Waals surface area (Å²) in [6.45, 7) is 0.608. The van der Waals surface area contributed by atoms with Crippen molar-refractivity contribution in [3.8, 4) is 5.75 Å². The van der Waals surface area contributed by atoms with Crippen molar-refractivity contribution in [1.29, 1.82) is 0 Å². The monoisotopic (exact) mass is 377 g/mol. The molecule has 0 saturated heterocycles. The van der Waals surface area contributed by atoms with Crippen LogP contribution in [0.25, 0.3) is 0 Å². The number of benzene rings is 2. The highest BCUT2D eigenvalue weighted by Gasteiger charge is 2.10. The number of nitrogens with one attached hydrogen (secondary N) is 1. The zero-order valence-corrected chi connectivity index (χ0v) is 15.1. The van der Waals surface area contributed by atoms with Gasteiger partial charge in [0, 0.05) is 19.2 Å². The van der Waals surface area contributed by atoms with E-state index in [1.54, 1.807) is 18.2 Å². The molecular formula is C19H20ClNO5. The molecule has 0 fully saturated rings. The quantitative estimate of drug-likeness (QED) is 0.645. The van der Waals surface area contributed by atoms with Crippen molar-refractivity contribution in [3.05, 3.63) is 58.6 Å². The zero-order chi connectivity index (χ0) is 18.9. The fourth-order valence-corrected chi connectivity index (χ4v) is 2.53. The van der Waals surface area contributed by atoms with Crippen LogP contribution < -0.4 is 10.1 Å². The molecule has 0 radical (unpaired) electrons. The zero-order valence-electron chi connectivity index (χ0n) is 14.3. The Kier molecular flexibility index (Phi) is 7.44. The summed E-state index contributed by atoms with van der Waals surface area (Å²) in [6, 6.07) is 11.7. The number of methoxy groups -OCH3 is 1. The second kappa shape index (κ2) is 9.79. The Morgan fingerprint density at radius 2 is 1.96 bits per heavy atom. The Hall–Kier alpha value is -2.57. The molecular weight excluding hydrogens is 358 g/mol. The third kappa shape index (κ3) is 6.06. The molecule has 7 heteroatoms. The van der Waals surface area contributed by atoms with Crippen molar-refractivity contribution in [2.45, 2.75) is 19.4 Å². The molecule has 26 heavy (non-hydrogen) atoms. The number of halogens is 1. The normalized spacial score (nSPS) is 10.4. The molecule has 0 aliphatic heterocycles. The molecule has 2 aromatic carbocycles. The molecule has 0 unspecified atom stereocenters. The van der Waals surface area contributed by atoms with E-state index in [1.807, 2.05) is 12.1 Å². The maximum Gasteiger partial charge on any atom is 0.335 e. The number of amides is 1. The molecule has 0 atom stereocenters. The van der Waals surface area contributed by atoms with Crippen LogP contribution in [0.5, 0.6) is 5.75 Å². The minimum absolute atomic E-state index is 0.0944. The maximum absolute atomic E-state index is 12.1. The summed E-state index contributed by atoms with van der Waals surface area (Å²) in [7, 11) is 1.52. The molecule has 0 saturated carbocycles. The first-order valence-corrected chi connectivity index (χ1v) is 8.41. The number of carbonyl (C=O) groups is 2. The molecule has 0 aliphatic rings. The lowest BCUT2D eigenvalue weighted by atomic mass is 10.1. The first-order chi connectivity index (χ1) is 12.5. The van der Waals surface area contributed by atoms with Gasteiger partial charge in [0.25, 0.3) is 0 Å². The highest BCUT2D eigenvalue weighted by Crippen LogP contribution is 2.23. The first-order valence-electron chi connectivity index (χ1n) is 8.03. The molecule has 0 bridgehead atoms. The Morgan fingerprint density at radius 3 is 2.65 bits per heavy atom. The molecule has 2 aromatic rings. The van der Waals surface area contributed by atoms with Gasteiger partial charge in [-0.15, -0.1) is 0 Å². The number of carboxylic acids is 1. The lowest BCUT2D eigenvalue weighted by Gasteiger charge is -2.10. The van der Waals surface area contributed by atoms with Gasteiger partial charge in [0.2, 0.25) is 5.91 Å². The predicted octanol–water partition coefficient (Wildman–Crippen LogP) is 3.98. The van der Waals surface area contributed by atoms with Gasteiger partial charge >= 0.3 is 5.97 Å². The van der Waals surface area contributed by atoms with Crippen LogP contribution in [0.1, 0.15) is 28.8 Å². The van der Waals surface area contributed by atoms with Gasteiger partial charge in [-0.1, -0.05) is 23.7 Å². The summed E-state index contributed by atoms with van der Waals surface area (Å²) in [5, 5.41) is 12.4. The molecule has 0 spiro atoms. The number of ether oxygens (including phenoxy) is 2. The molecule has 0 aromatic heterocycles. The van der Waals surface area contributed by atoms with E-state index in [2.05, 4.69) is 5.32 Å². The van der Waals surface area contributed by atoms with Crippen molar-refractivity contribution < 1.29 is 24.2 Å². The summed E-state index contributed by atoms with van der Waals surface area (Å²) in [6.07, 6.45) is 0.738. The summed E-state index contributed by atoms with van der Waals surface area (Å²) < 4.78 is 10.6. The smallest absolute Gasteiger partial charge is 0.335 e. The highest BCUT2D eigenvalue weighted by molar-refractivity contribution is 6.32. The van der Waals surface area contributed by atoms with Crippen molar-refractivity contribution in [2.24, 2.45) is 0 Å². The van der Waals surface area contributed by atoms with E-state index in [9.17, 15) is 9.59 Å². The van der Waals surface area contributed by atoms with E-state index in [-0.39, 0.29) is 24.5 Å². The van der Waals surface area contributed by atoms with E-state index in [0.29, 0.717) is 35.1 Å². The second-order valence-corrected chi connectivity index (χ2v) is 5.99. The Morgan fingerprint density at radius 1 is 1.19 bits per heavy atom. The number of anilines is 1. The summed E-state index contributed by atoms with van der Waals surface area (Å²) in [4.78, 5) is 23.3. The number of aromatic carboxylic acids is 1. The van der Waals surface area contributed by atoms with Crippen molar-refractivity contribution >= 4 is 29.2 Å². The average molecular weight is 378 g/mol. The third-order valence-corrected chi connectivity index (χ3v) is 3.79. The van der Waals surface area contributed by atoms with Gasteiger partial charge in [-0.05, 0) is 42.3 Å². The van der Waals surface area contributed by atoms with Gasteiger partial charge in [-0.25, -0.2) is 4.79 Å². The number of hydrogen-bond donors (Lipinski definition) is 2. The Labute approximate surface area is 156 Å².